The molecule has 8 nitrogen and oxygen atoms in total. The average molecular weight is 439 g/mol. The second-order valence-corrected chi connectivity index (χ2v) is 8.22. The highest BCUT2D eigenvalue weighted by Crippen LogP contribution is 2.33. The van der Waals surface area contributed by atoms with E-state index in [-0.39, 0.29) is 18.4 Å². The number of benzene rings is 2. The number of piperidine rings is 1. The van der Waals surface area contributed by atoms with E-state index in [2.05, 4.69) is 32.2 Å². The van der Waals surface area contributed by atoms with Gasteiger partial charge < -0.3 is 13.8 Å². The summed E-state index contributed by atoms with van der Waals surface area (Å²) in [6.07, 6.45) is 6.15. The maximum atomic E-state index is 13.3. The van der Waals surface area contributed by atoms with Gasteiger partial charge >= 0.3 is 0 Å². The number of hydrogen-bond acceptors (Lipinski definition) is 7. The molecule has 6 rings (SSSR count). The summed E-state index contributed by atoms with van der Waals surface area (Å²) in [4.78, 5) is 28.0. The standard InChI is InChI=1S/C25H21N5O3/c31-22(15-17-14-19-18-7-2-1-6-16(18)9-10-21(19)32-17)30-13-4-3-8-20(30)25-28-24(29-33-25)23-26-11-5-12-27-23/h1-2,5-7,9-12,14,20H,3-4,8,13,15H2. The Balaban J connectivity index is 1.26. The van der Waals surface area contributed by atoms with Crippen LogP contribution >= 0.6 is 0 Å². The summed E-state index contributed by atoms with van der Waals surface area (Å²) in [6, 6.07) is 15.6. The summed E-state index contributed by atoms with van der Waals surface area (Å²) in [5.41, 5.74) is 0.788. The minimum atomic E-state index is -0.263. The molecule has 1 atom stereocenters. The number of furan rings is 1. The molecule has 1 fully saturated rings. The summed E-state index contributed by atoms with van der Waals surface area (Å²) < 4.78 is 11.6. The number of carbonyl (C=O) groups excluding carboxylic acids is 1. The van der Waals surface area contributed by atoms with Crippen LogP contribution in [0.15, 0.2) is 69.9 Å². The van der Waals surface area contributed by atoms with Crippen molar-refractivity contribution in [3.8, 4) is 11.6 Å². The Kier molecular flexibility index (Phi) is 4.83. The average Bonchev–Trinajstić information content (AvgIpc) is 3.52. The topological polar surface area (TPSA) is 98.2 Å². The van der Waals surface area contributed by atoms with E-state index in [1.54, 1.807) is 18.5 Å². The predicted molar refractivity (Wildman–Crippen MR) is 121 cm³/mol. The molecule has 5 aromatic rings. The van der Waals surface area contributed by atoms with E-state index < -0.39 is 0 Å². The van der Waals surface area contributed by atoms with E-state index in [0.29, 0.717) is 29.8 Å². The number of rotatable bonds is 4. The van der Waals surface area contributed by atoms with Crippen LogP contribution in [-0.2, 0) is 11.2 Å². The van der Waals surface area contributed by atoms with Crippen LogP contribution < -0.4 is 0 Å². The molecule has 1 aliphatic rings. The molecular formula is C25H21N5O3. The molecular weight excluding hydrogens is 418 g/mol. The number of hydrogen-bond donors (Lipinski definition) is 0. The van der Waals surface area contributed by atoms with Gasteiger partial charge in [0.2, 0.25) is 23.4 Å². The van der Waals surface area contributed by atoms with Crippen molar-refractivity contribution in [3.63, 3.8) is 0 Å². The minimum Gasteiger partial charge on any atom is -0.461 e. The normalized spacial score (nSPS) is 16.5. The van der Waals surface area contributed by atoms with Gasteiger partial charge in [-0.2, -0.15) is 4.98 Å². The summed E-state index contributed by atoms with van der Waals surface area (Å²) in [5, 5.41) is 7.32. The van der Waals surface area contributed by atoms with Crippen molar-refractivity contribution in [2.24, 2.45) is 0 Å². The lowest BCUT2D eigenvalue weighted by Crippen LogP contribution is -2.39. The lowest BCUT2D eigenvalue weighted by Gasteiger charge is -2.33. The fraction of sp³-hybridized carbons (Fsp3) is 0.240. The van der Waals surface area contributed by atoms with E-state index in [4.69, 9.17) is 8.94 Å². The highest BCUT2D eigenvalue weighted by Gasteiger charge is 2.33. The van der Waals surface area contributed by atoms with E-state index in [9.17, 15) is 4.79 Å². The molecule has 8 heteroatoms. The first-order valence-corrected chi connectivity index (χ1v) is 11.1. The molecule has 0 N–H and O–H groups in total. The van der Waals surface area contributed by atoms with Crippen molar-refractivity contribution in [2.75, 3.05) is 6.54 Å². The molecule has 3 aromatic heterocycles. The summed E-state index contributed by atoms with van der Waals surface area (Å²) >= 11 is 0. The maximum Gasteiger partial charge on any atom is 0.249 e. The van der Waals surface area contributed by atoms with Crippen molar-refractivity contribution in [3.05, 3.63) is 72.6 Å². The first-order valence-electron chi connectivity index (χ1n) is 11.1. The van der Waals surface area contributed by atoms with E-state index in [1.807, 2.05) is 35.2 Å². The van der Waals surface area contributed by atoms with Crippen LogP contribution in [0.5, 0.6) is 0 Å². The molecule has 0 spiro atoms. The Labute approximate surface area is 189 Å². The first kappa shape index (κ1) is 19.6. The number of carbonyl (C=O) groups is 1. The summed E-state index contributed by atoms with van der Waals surface area (Å²) in [6.45, 7) is 0.645. The number of fused-ring (bicyclic) bond motifs is 3. The summed E-state index contributed by atoms with van der Waals surface area (Å²) in [5.74, 6) is 1.78. The number of aromatic nitrogens is 4. The zero-order valence-electron chi connectivity index (χ0n) is 17.8. The number of amides is 1. The third-order valence-electron chi connectivity index (χ3n) is 6.12. The number of nitrogens with zero attached hydrogens (tertiary/aromatic N) is 5. The molecule has 1 saturated heterocycles. The van der Waals surface area contributed by atoms with E-state index >= 15 is 0 Å². The van der Waals surface area contributed by atoms with Crippen molar-refractivity contribution in [1.29, 1.82) is 0 Å². The molecule has 1 amide bonds. The first-order chi connectivity index (χ1) is 16.3. The second-order valence-electron chi connectivity index (χ2n) is 8.22. The molecule has 0 aliphatic carbocycles. The number of likely N-dealkylation sites (tertiary alicyclic amines) is 1. The zero-order valence-corrected chi connectivity index (χ0v) is 17.8. The van der Waals surface area contributed by atoms with Crippen molar-refractivity contribution in [1.82, 2.24) is 25.0 Å². The monoisotopic (exact) mass is 439 g/mol. The van der Waals surface area contributed by atoms with E-state index in [0.717, 1.165) is 41.0 Å². The minimum absolute atomic E-state index is 0.0150. The Morgan fingerprint density at radius 2 is 1.88 bits per heavy atom. The highest BCUT2D eigenvalue weighted by atomic mass is 16.5. The van der Waals surface area contributed by atoms with Crippen LogP contribution in [0.4, 0.5) is 0 Å². The van der Waals surface area contributed by atoms with Gasteiger partial charge in [0.1, 0.15) is 17.4 Å². The van der Waals surface area contributed by atoms with Gasteiger partial charge in [-0.1, -0.05) is 35.5 Å². The van der Waals surface area contributed by atoms with Gasteiger partial charge in [-0.3, -0.25) is 4.79 Å². The van der Waals surface area contributed by atoms with Gasteiger partial charge in [0.25, 0.3) is 0 Å². The fourth-order valence-electron chi connectivity index (χ4n) is 4.55. The van der Waals surface area contributed by atoms with Crippen LogP contribution in [0, 0.1) is 0 Å². The van der Waals surface area contributed by atoms with Crippen molar-refractivity contribution >= 4 is 27.6 Å². The Morgan fingerprint density at radius 1 is 1.00 bits per heavy atom. The van der Waals surface area contributed by atoms with Gasteiger partial charge in [-0.05, 0) is 48.2 Å². The van der Waals surface area contributed by atoms with Gasteiger partial charge in [-0.25, -0.2) is 9.97 Å². The smallest absolute Gasteiger partial charge is 0.249 e. The molecule has 4 heterocycles. The molecule has 1 aliphatic heterocycles. The van der Waals surface area contributed by atoms with Gasteiger partial charge in [-0.15, -0.1) is 0 Å². The van der Waals surface area contributed by atoms with Crippen LogP contribution in [0.1, 0.15) is 37.0 Å². The van der Waals surface area contributed by atoms with Crippen LogP contribution in [-0.4, -0.2) is 37.5 Å². The molecule has 0 saturated carbocycles. The summed E-state index contributed by atoms with van der Waals surface area (Å²) in [7, 11) is 0. The molecule has 0 bridgehead atoms. The lowest BCUT2D eigenvalue weighted by atomic mass is 10.0. The third kappa shape index (κ3) is 3.63. The van der Waals surface area contributed by atoms with Gasteiger partial charge in [0.05, 0.1) is 6.42 Å². The van der Waals surface area contributed by atoms with Gasteiger partial charge in [0, 0.05) is 24.3 Å². The molecule has 0 radical (unpaired) electrons. The van der Waals surface area contributed by atoms with Crippen molar-refractivity contribution in [2.45, 2.75) is 31.7 Å². The Morgan fingerprint density at radius 3 is 2.79 bits per heavy atom. The quantitative estimate of drug-likeness (QED) is 0.399. The van der Waals surface area contributed by atoms with Crippen LogP contribution in [0.25, 0.3) is 33.4 Å². The van der Waals surface area contributed by atoms with Crippen LogP contribution in [0.2, 0.25) is 0 Å². The Hall–Kier alpha value is -4.07. The SMILES string of the molecule is O=C(Cc1cc2c(ccc3ccccc32)o1)N1CCCCC1c1nc(-c2ncccn2)no1. The fourth-order valence-corrected chi connectivity index (χ4v) is 4.55. The molecule has 1 unspecified atom stereocenters. The molecule has 164 valence electrons. The molecule has 33 heavy (non-hydrogen) atoms. The largest absolute Gasteiger partial charge is 0.461 e. The van der Waals surface area contributed by atoms with Crippen molar-refractivity contribution < 1.29 is 13.7 Å². The lowest BCUT2D eigenvalue weighted by molar-refractivity contribution is -0.135. The van der Waals surface area contributed by atoms with E-state index in [1.165, 1.54) is 0 Å². The zero-order chi connectivity index (χ0) is 22.2. The van der Waals surface area contributed by atoms with Gasteiger partial charge in [0.15, 0.2) is 0 Å². The van der Waals surface area contributed by atoms with Crippen LogP contribution in [0.3, 0.4) is 0 Å². The molecule has 2 aromatic carbocycles. The second kappa shape index (κ2) is 8.12. The maximum absolute atomic E-state index is 13.3. The Bertz CT molecular complexity index is 1440. The highest BCUT2D eigenvalue weighted by molar-refractivity contribution is 6.06. The predicted octanol–water partition coefficient (Wildman–Crippen LogP) is 4.72. The third-order valence-corrected chi connectivity index (χ3v) is 6.12.